The number of hydrogen-bond acceptors (Lipinski definition) is 12. The van der Waals surface area contributed by atoms with E-state index in [1.807, 2.05) is 0 Å². The van der Waals surface area contributed by atoms with Crippen LogP contribution in [0.3, 0.4) is 0 Å². The first-order valence-electron chi connectivity index (χ1n) is 8.81. The van der Waals surface area contributed by atoms with Crippen molar-refractivity contribution in [2.75, 3.05) is 88.5 Å². The van der Waals surface area contributed by atoms with E-state index in [-0.39, 0.29) is 0 Å². The second-order valence-electron chi connectivity index (χ2n) is 5.54. The predicted molar refractivity (Wildman–Crippen MR) is 140 cm³/mol. The van der Waals surface area contributed by atoms with E-state index >= 15 is 0 Å². The molecule has 1 aromatic heterocycles. The zero-order chi connectivity index (χ0) is 20.1. The molecule has 6 nitrogen and oxygen atoms in total. The monoisotopic (exact) mass is 486 g/mol. The number of aromatic nitrogens is 3. The maximum atomic E-state index is 4.74. The largest absolute Gasteiger partial charge is 0.339 e. The van der Waals surface area contributed by atoms with Crippen LogP contribution in [0.1, 0.15) is 0 Å². The fraction of sp³-hybridized carbons (Fsp3) is 0.800. The van der Waals surface area contributed by atoms with Crippen molar-refractivity contribution in [3.8, 4) is 0 Å². The average molecular weight is 487 g/mol. The normalized spacial score (nSPS) is 10.9. The molecule has 0 aliphatic heterocycles. The van der Waals surface area contributed by atoms with Crippen LogP contribution in [0.4, 0.5) is 17.8 Å². The molecule has 0 aliphatic carbocycles. The lowest BCUT2D eigenvalue weighted by Crippen LogP contribution is -2.36. The third-order valence-corrected chi connectivity index (χ3v) is 4.87. The van der Waals surface area contributed by atoms with Gasteiger partial charge in [0, 0.05) is 73.8 Å². The molecule has 0 saturated carbocycles. The second-order valence-corrected chi connectivity index (χ2v) is 8.22. The summed E-state index contributed by atoms with van der Waals surface area (Å²) in [5.41, 5.74) is 0. The lowest BCUT2D eigenvalue weighted by atomic mass is 10.5. The molecule has 0 N–H and O–H groups in total. The number of hydrogen-bond donors (Lipinski definition) is 6. The van der Waals surface area contributed by atoms with Crippen LogP contribution < -0.4 is 14.7 Å². The number of thiol groups is 6. The van der Waals surface area contributed by atoms with Crippen LogP contribution in [0.25, 0.3) is 0 Å². The quantitative estimate of drug-likeness (QED) is 0.213. The Labute approximate surface area is 196 Å². The molecule has 156 valence electrons. The molecule has 0 aliphatic rings. The molecule has 27 heavy (non-hydrogen) atoms. The maximum absolute atomic E-state index is 4.74. The van der Waals surface area contributed by atoms with Gasteiger partial charge in [0.25, 0.3) is 0 Å². The minimum absolute atomic E-state index is 0.643. The first-order chi connectivity index (χ1) is 13.1. The number of anilines is 3. The Morgan fingerprint density at radius 3 is 0.741 bits per heavy atom. The summed E-state index contributed by atoms with van der Waals surface area (Å²) in [6.45, 7) is 4.45. The summed E-state index contributed by atoms with van der Waals surface area (Å²) in [4.78, 5) is 20.5. The predicted octanol–water partition coefficient (Wildman–Crippen LogP) is 1.87. The van der Waals surface area contributed by atoms with Gasteiger partial charge in [-0.05, 0) is 0 Å². The molecule has 1 rings (SSSR count). The van der Waals surface area contributed by atoms with E-state index < -0.39 is 0 Å². The molecular formula is C15H30N6S6. The Hall–Kier alpha value is 0.510. The second kappa shape index (κ2) is 15.4. The minimum atomic E-state index is 0.643. The highest BCUT2D eigenvalue weighted by molar-refractivity contribution is 7.81. The van der Waals surface area contributed by atoms with Gasteiger partial charge in [-0.15, -0.1) is 0 Å². The van der Waals surface area contributed by atoms with Crippen molar-refractivity contribution in [3.63, 3.8) is 0 Å². The van der Waals surface area contributed by atoms with Crippen LogP contribution >= 0.6 is 75.8 Å². The first kappa shape index (κ1) is 25.5. The van der Waals surface area contributed by atoms with Gasteiger partial charge in [-0.3, -0.25) is 0 Å². The van der Waals surface area contributed by atoms with E-state index in [0.29, 0.717) is 52.4 Å². The molecule has 0 amide bonds. The highest BCUT2D eigenvalue weighted by atomic mass is 32.1. The van der Waals surface area contributed by atoms with E-state index in [4.69, 9.17) is 15.0 Å². The Morgan fingerprint density at radius 2 is 0.593 bits per heavy atom. The van der Waals surface area contributed by atoms with Crippen molar-refractivity contribution in [2.45, 2.75) is 0 Å². The van der Waals surface area contributed by atoms with Gasteiger partial charge in [-0.2, -0.15) is 90.7 Å². The summed E-state index contributed by atoms with van der Waals surface area (Å²) in [7, 11) is 0. The zero-order valence-electron chi connectivity index (χ0n) is 15.4. The van der Waals surface area contributed by atoms with Gasteiger partial charge in [0.2, 0.25) is 17.8 Å². The Morgan fingerprint density at radius 1 is 0.407 bits per heavy atom. The molecule has 0 saturated heterocycles. The van der Waals surface area contributed by atoms with Gasteiger partial charge >= 0.3 is 0 Å². The maximum Gasteiger partial charge on any atom is 0.232 e. The summed E-state index contributed by atoms with van der Waals surface area (Å²) in [5, 5.41) is 0. The highest BCUT2D eigenvalue weighted by Crippen LogP contribution is 2.20. The van der Waals surface area contributed by atoms with Crippen molar-refractivity contribution in [1.82, 2.24) is 15.0 Å². The van der Waals surface area contributed by atoms with Crippen LogP contribution in [0, 0.1) is 0 Å². The summed E-state index contributed by atoms with van der Waals surface area (Å²) in [6.07, 6.45) is 0. The van der Waals surface area contributed by atoms with Crippen LogP contribution in [0.15, 0.2) is 0 Å². The third-order valence-electron chi connectivity index (χ3n) is 3.67. The molecule has 1 aromatic rings. The van der Waals surface area contributed by atoms with E-state index in [1.54, 1.807) is 0 Å². The molecule has 0 radical (unpaired) electrons. The molecule has 1 heterocycles. The fourth-order valence-electron chi connectivity index (χ4n) is 2.43. The van der Waals surface area contributed by atoms with Gasteiger partial charge in [0.05, 0.1) is 0 Å². The van der Waals surface area contributed by atoms with E-state index in [0.717, 1.165) is 39.3 Å². The minimum Gasteiger partial charge on any atom is -0.339 e. The Kier molecular flexibility index (Phi) is 14.5. The lowest BCUT2D eigenvalue weighted by Gasteiger charge is -2.28. The van der Waals surface area contributed by atoms with Crippen LogP contribution in [-0.4, -0.2) is 88.7 Å². The van der Waals surface area contributed by atoms with Crippen molar-refractivity contribution in [3.05, 3.63) is 0 Å². The van der Waals surface area contributed by atoms with Crippen molar-refractivity contribution < 1.29 is 0 Å². The molecule has 0 fully saturated rings. The molecule has 0 atom stereocenters. The number of nitrogens with zero attached hydrogens (tertiary/aromatic N) is 6. The molecule has 0 bridgehead atoms. The van der Waals surface area contributed by atoms with E-state index in [9.17, 15) is 0 Å². The van der Waals surface area contributed by atoms with Crippen molar-refractivity contribution >= 4 is 93.6 Å². The third kappa shape index (κ3) is 8.81. The SMILES string of the molecule is SCCN(CCS)c1nc(N(CCS)CCS)nc(N(CCS)CCS)n1. The van der Waals surface area contributed by atoms with Crippen LogP contribution in [0.2, 0.25) is 0 Å². The van der Waals surface area contributed by atoms with Crippen LogP contribution in [0.5, 0.6) is 0 Å². The number of rotatable bonds is 15. The Balaban J connectivity index is 3.38. The molecular weight excluding hydrogens is 457 g/mol. The summed E-state index contributed by atoms with van der Waals surface area (Å²) in [5.74, 6) is 6.17. The van der Waals surface area contributed by atoms with Crippen LogP contribution in [-0.2, 0) is 0 Å². The van der Waals surface area contributed by atoms with Gasteiger partial charge in [-0.25, -0.2) is 0 Å². The van der Waals surface area contributed by atoms with Gasteiger partial charge < -0.3 is 14.7 Å². The van der Waals surface area contributed by atoms with E-state index in [2.05, 4.69) is 90.5 Å². The summed E-state index contributed by atoms with van der Waals surface area (Å²) in [6, 6.07) is 0. The lowest BCUT2D eigenvalue weighted by molar-refractivity contribution is 0.760. The Bertz CT molecular complexity index is 424. The molecule has 0 spiro atoms. The van der Waals surface area contributed by atoms with Gasteiger partial charge in [0.1, 0.15) is 0 Å². The highest BCUT2D eigenvalue weighted by Gasteiger charge is 2.19. The molecule has 0 unspecified atom stereocenters. The standard InChI is InChI=1S/C15H30N6S6/c22-7-1-19(2-8-23)13-16-14(20(3-9-24)4-10-25)18-15(17-13)21(5-11-26)6-12-27/h22-27H,1-12H2. The summed E-state index contributed by atoms with van der Waals surface area (Å²) < 4.78 is 0. The van der Waals surface area contributed by atoms with E-state index in [1.165, 1.54) is 0 Å². The zero-order valence-corrected chi connectivity index (χ0v) is 20.7. The van der Waals surface area contributed by atoms with Crippen molar-refractivity contribution in [1.29, 1.82) is 0 Å². The molecule has 12 heteroatoms. The first-order valence-corrected chi connectivity index (χ1v) is 12.6. The van der Waals surface area contributed by atoms with Gasteiger partial charge in [0.15, 0.2) is 0 Å². The van der Waals surface area contributed by atoms with Gasteiger partial charge in [-0.1, -0.05) is 0 Å². The van der Waals surface area contributed by atoms with Crippen molar-refractivity contribution in [2.24, 2.45) is 0 Å². The fourth-order valence-corrected chi connectivity index (χ4v) is 3.88. The molecule has 0 aromatic carbocycles. The topological polar surface area (TPSA) is 48.4 Å². The average Bonchev–Trinajstić information content (AvgIpc) is 2.67. The smallest absolute Gasteiger partial charge is 0.232 e. The summed E-state index contributed by atoms with van der Waals surface area (Å²) >= 11 is 26.2.